The maximum atomic E-state index is 13.4. The number of hydrogen-bond acceptors (Lipinski definition) is 2. The average Bonchev–Trinajstić information content (AvgIpc) is 2.72. The highest BCUT2D eigenvalue weighted by molar-refractivity contribution is 14.1. The second-order valence-corrected chi connectivity index (χ2v) is 8.82. The van der Waals surface area contributed by atoms with E-state index in [1.165, 1.54) is 17.0 Å². The molecule has 1 N–H and O–H groups in total. The van der Waals surface area contributed by atoms with Gasteiger partial charge >= 0.3 is 5.97 Å². The van der Waals surface area contributed by atoms with Crippen molar-refractivity contribution in [2.45, 2.75) is 19.0 Å². The van der Waals surface area contributed by atoms with E-state index in [-0.39, 0.29) is 23.6 Å². The predicted molar refractivity (Wildman–Crippen MR) is 127 cm³/mol. The number of carboxylic acid groups (broad SMARTS) is 1. The molecule has 0 heterocycles. The second kappa shape index (κ2) is 10.3. The fraction of sp³-hybridized carbons (Fsp3) is 0.130. The van der Waals surface area contributed by atoms with Gasteiger partial charge in [0.2, 0.25) is 0 Å². The molecule has 1 amide bonds. The van der Waals surface area contributed by atoms with Gasteiger partial charge in [-0.05, 0) is 64.0 Å². The molecular weight excluding hydrogens is 536 g/mol. The zero-order valence-electron chi connectivity index (χ0n) is 15.8. The summed E-state index contributed by atoms with van der Waals surface area (Å²) in [6.07, 6.45) is 0.178. The molecule has 0 aliphatic rings. The molecule has 3 rings (SSSR count). The van der Waals surface area contributed by atoms with Crippen molar-refractivity contribution in [3.63, 3.8) is 0 Å². The lowest BCUT2D eigenvalue weighted by atomic mass is 10.0. The number of amides is 1. The monoisotopic (exact) mass is 553 g/mol. The average molecular weight is 554 g/mol. The van der Waals surface area contributed by atoms with Gasteiger partial charge in [0.05, 0.1) is 10.6 Å². The normalized spacial score (nSPS) is 11.7. The smallest absolute Gasteiger partial charge is 0.326 e. The minimum atomic E-state index is -1.08. The van der Waals surface area contributed by atoms with Crippen LogP contribution in [0.25, 0.3) is 0 Å². The lowest BCUT2D eigenvalue weighted by Crippen LogP contribution is -2.46. The largest absolute Gasteiger partial charge is 0.480 e. The van der Waals surface area contributed by atoms with Crippen molar-refractivity contribution in [1.82, 2.24) is 4.90 Å². The molecule has 0 radical (unpaired) electrons. The van der Waals surface area contributed by atoms with Gasteiger partial charge in [-0.15, -0.1) is 0 Å². The molecule has 0 aliphatic heterocycles. The van der Waals surface area contributed by atoms with E-state index in [2.05, 4.69) is 22.6 Å². The van der Waals surface area contributed by atoms with Gasteiger partial charge in [0.1, 0.15) is 6.04 Å². The molecule has 0 spiro atoms. The molecule has 4 nitrogen and oxygen atoms in total. The van der Waals surface area contributed by atoms with E-state index in [0.717, 1.165) is 14.7 Å². The summed E-state index contributed by atoms with van der Waals surface area (Å²) in [6, 6.07) is 20.3. The SMILES string of the molecule is O=C(O)C(Cc1ccccc1)N(Cc1ccc(I)cc1)C(=O)c1ccc(Cl)cc1Cl. The van der Waals surface area contributed by atoms with Gasteiger partial charge in [0.15, 0.2) is 0 Å². The van der Waals surface area contributed by atoms with Crippen molar-refractivity contribution >= 4 is 57.7 Å². The number of carboxylic acids is 1. The Bertz CT molecular complexity index is 1040. The highest BCUT2D eigenvalue weighted by atomic mass is 127. The summed E-state index contributed by atoms with van der Waals surface area (Å²) in [5, 5.41) is 10.6. The summed E-state index contributed by atoms with van der Waals surface area (Å²) in [4.78, 5) is 27.0. The Labute approximate surface area is 198 Å². The minimum Gasteiger partial charge on any atom is -0.480 e. The third-order valence-electron chi connectivity index (χ3n) is 4.62. The molecule has 3 aromatic rings. The van der Waals surface area contributed by atoms with E-state index in [4.69, 9.17) is 23.2 Å². The molecule has 30 heavy (non-hydrogen) atoms. The zero-order valence-corrected chi connectivity index (χ0v) is 19.4. The first kappa shape index (κ1) is 22.6. The van der Waals surface area contributed by atoms with Crippen LogP contribution >= 0.6 is 45.8 Å². The van der Waals surface area contributed by atoms with Crippen molar-refractivity contribution < 1.29 is 14.7 Å². The molecular formula is C23H18Cl2INO3. The molecule has 3 aromatic carbocycles. The summed E-state index contributed by atoms with van der Waals surface area (Å²) in [5.41, 5.74) is 1.87. The van der Waals surface area contributed by atoms with Crippen LogP contribution in [-0.4, -0.2) is 27.9 Å². The van der Waals surface area contributed by atoms with Gasteiger partial charge in [-0.3, -0.25) is 4.79 Å². The van der Waals surface area contributed by atoms with Gasteiger partial charge in [0.25, 0.3) is 5.91 Å². The van der Waals surface area contributed by atoms with E-state index >= 15 is 0 Å². The molecule has 1 unspecified atom stereocenters. The van der Waals surface area contributed by atoms with Crippen LogP contribution in [0.1, 0.15) is 21.5 Å². The third-order valence-corrected chi connectivity index (χ3v) is 5.89. The van der Waals surface area contributed by atoms with Gasteiger partial charge in [-0.2, -0.15) is 0 Å². The van der Waals surface area contributed by atoms with Crippen molar-refractivity contribution in [2.75, 3.05) is 0 Å². The first-order valence-corrected chi connectivity index (χ1v) is 11.0. The number of aliphatic carboxylic acids is 1. The van der Waals surface area contributed by atoms with Gasteiger partial charge in [-0.1, -0.05) is 65.7 Å². The van der Waals surface area contributed by atoms with E-state index in [1.54, 1.807) is 6.07 Å². The van der Waals surface area contributed by atoms with Crippen LogP contribution < -0.4 is 0 Å². The van der Waals surface area contributed by atoms with Crippen molar-refractivity contribution in [2.24, 2.45) is 0 Å². The molecule has 0 saturated heterocycles. The van der Waals surface area contributed by atoms with E-state index in [9.17, 15) is 14.7 Å². The number of halogens is 3. The zero-order chi connectivity index (χ0) is 21.7. The molecule has 7 heteroatoms. The Morgan fingerprint density at radius 1 is 0.933 bits per heavy atom. The number of nitrogens with zero attached hydrogens (tertiary/aromatic N) is 1. The fourth-order valence-corrected chi connectivity index (χ4v) is 3.94. The van der Waals surface area contributed by atoms with Crippen LogP contribution in [0, 0.1) is 3.57 Å². The molecule has 0 fully saturated rings. The fourth-order valence-electron chi connectivity index (χ4n) is 3.10. The number of carbonyl (C=O) groups is 2. The van der Waals surface area contributed by atoms with E-state index < -0.39 is 17.9 Å². The highest BCUT2D eigenvalue weighted by Gasteiger charge is 2.31. The predicted octanol–water partition coefficient (Wildman–Crippen LogP) is 5.94. The third kappa shape index (κ3) is 5.74. The van der Waals surface area contributed by atoms with Crippen LogP contribution in [-0.2, 0) is 17.8 Å². The number of benzene rings is 3. The maximum Gasteiger partial charge on any atom is 0.326 e. The highest BCUT2D eigenvalue weighted by Crippen LogP contribution is 2.25. The molecule has 0 aromatic heterocycles. The lowest BCUT2D eigenvalue weighted by Gasteiger charge is -2.30. The summed E-state index contributed by atoms with van der Waals surface area (Å²) in [6.45, 7) is 0.137. The quantitative estimate of drug-likeness (QED) is 0.369. The Hall–Kier alpha value is -2.09. The Balaban J connectivity index is 2.00. The summed E-state index contributed by atoms with van der Waals surface area (Å²) >= 11 is 14.4. The topological polar surface area (TPSA) is 57.6 Å². The second-order valence-electron chi connectivity index (χ2n) is 6.73. The van der Waals surface area contributed by atoms with Gasteiger partial charge in [0, 0.05) is 21.6 Å². The number of rotatable bonds is 7. The van der Waals surface area contributed by atoms with E-state index in [1.807, 2.05) is 54.6 Å². The Morgan fingerprint density at radius 3 is 2.20 bits per heavy atom. The summed E-state index contributed by atoms with van der Waals surface area (Å²) < 4.78 is 1.05. The first-order chi connectivity index (χ1) is 14.3. The number of hydrogen-bond donors (Lipinski definition) is 1. The van der Waals surface area contributed by atoms with Crippen molar-refractivity contribution in [3.05, 3.63) is 103 Å². The summed E-state index contributed by atoms with van der Waals surface area (Å²) in [5.74, 6) is -1.54. The molecule has 0 saturated carbocycles. The van der Waals surface area contributed by atoms with Crippen LogP contribution in [0.3, 0.4) is 0 Å². The summed E-state index contributed by atoms with van der Waals surface area (Å²) in [7, 11) is 0. The molecule has 0 aliphatic carbocycles. The van der Waals surface area contributed by atoms with Crippen molar-refractivity contribution in [3.8, 4) is 0 Å². The molecule has 1 atom stereocenters. The van der Waals surface area contributed by atoms with Crippen LogP contribution in [0.15, 0.2) is 72.8 Å². The van der Waals surface area contributed by atoms with Crippen LogP contribution in [0.4, 0.5) is 0 Å². The van der Waals surface area contributed by atoms with Gasteiger partial charge in [-0.25, -0.2) is 4.79 Å². The first-order valence-electron chi connectivity index (χ1n) is 9.12. The van der Waals surface area contributed by atoms with Crippen molar-refractivity contribution in [1.29, 1.82) is 0 Å². The van der Waals surface area contributed by atoms with Crippen LogP contribution in [0.5, 0.6) is 0 Å². The lowest BCUT2D eigenvalue weighted by molar-refractivity contribution is -0.142. The number of carbonyl (C=O) groups excluding carboxylic acids is 1. The minimum absolute atomic E-state index is 0.137. The maximum absolute atomic E-state index is 13.4. The standard InChI is InChI=1S/C23H18Cl2INO3/c24-17-8-11-19(20(25)13-17)22(28)27(14-16-6-9-18(26)10-7-16)21(23(29)30)12-15-4-2-1-3-5-15/h1-11,13,21H,12,14H2,(H,29,30). The Morgan fingerprint density at radius 2 is 1.60 bits per heavy atom. The molecule has 0 bridgehead atoms. The van der Waals surface area contributed by atoms with Gasteiger partial charge < -0.3 is 10.0 Å². The van der Waals surface area contributed by atoms with E-state index in [0.29, 0.717) is 5.02 Å². The van der Waals surface area contributed by atoms with Crippen LogP contribution in [0.2, 0.25) is 10.0 Å². The molecule has 154 valence electrons. The Kier molecular flexibility index (Phi) is 7.75.